The van der Waals surface area contributed by atoms with Gasteiger partial charge in [0.2, 0.25) is 0 Å². The third kappa shape index (κ3) is 2.59. The minimum absolute atomic E-state index is 0.0911. The number of aryl methyl sites for hydroxylation is 1. The predicted molar refractivity (Wildman–Crippen MR) is 54.0 cm³/mol. The van der Waals surface area contributed by atoms with Crippen LogP contribution in [0.15, 0.2) is 12.1 Å². The largest absolute Gasteiger partial charge is 0.319 e. The number of benzene rings is 1. The molecule has 82 valence electrons. The Morgan fingerprint density at radius 3 is 2.67 bits per heavy atom. The molecule has 1 aromatic carbocycles. The highest BCUT2D eigenvalue weighted by Gasteiger charge is 2.18. The molecule has 2 nitrogen and oxygen atoms in total. The summed E-state index contributed by atoms with van der Waals surface area (Å²) >= 11 is 0. The summed E-state index contributed by atoms with van der Waals surface area (Å²) in [5.74, 6) is -2.06. The zero-order chi connectivity index (χ0) is 11.4. The smallest absolute Gasteiger partial charge is 0.170 e. The summed E-state index contributed by atoms with van der Waals surface area (Å²) in [4.78, 5) is 11.5. The van der Waals surface area contributed by atoms with Gasteiger partial charge in [0.05, 0.1) is 5.56 Å². The van der Waals surface area contributed by atoms with Gasteiger partial charge in [0, 0.05) is 13.0 Å². The molecule has 0 aliphatic heterocycles. The second-order valence-electron chi connectivity index (χ2n) is 3.33. The van der Waals surface area contributed by atoms with E-state index in [1.807, 2.05) is 0 Å². The maximum atomic E-state index is 13.5. The number of carbonyl (C=O) groups excluding carboxylic acids is 1. The second kappa shape index (κ2) is 4.98. The third-order valence-electron chi connectivity index (χ3n) is 2.17. The first kappa shape index (κ1) is 11.8. The van der Waals surface area contributed by atoms with Crippen LogP contribution in [-0.4, -0.2) is 19.4 Å². The van der Waals surface area contributed by atoms with Crippen LogP contribution in [0, 0.1) is 18.6 Å². The van der Waals surface area contributed by atoms with Crippen LogP contribution in [0.3, 0.4) is 0 Å². The molecule has 1 rings (SSSR count). The minimum atomic E-state index is -0.792. The molecule has 0 saturated carbocycles. The fraction of sp³-hybridized carbons (Fsp3) is 0.364. The number of nitrogens with one attached hydrogen (secondary N) is 1. The van der Waals surface area contributed by atoms with E-state index in [1.165, 1.54) is 13.0 Å². The third-order valence-corrected chi connectivity index (χ3v) is 2.17. The first-order valence-electron chi connectivity index (χ1n) is 4.70. The number of hydrogen-bond acceptors (Lipinski definition) is 2. The van der Waals surface area contributed by atoms with Crippen molar-refractivity contribution in [3.63, 3.8) is 0 Å². The number of rotatable bonds is 4. The van der Waals surface area contributed by atoms with Crippen LogP contribution < -0.4 is 5.32 Å². The molecule has 0 radical (unpaired) electrons. The number of hydrogen-bond donors (Lipinski definition) is 1. The highest BCUT2D eigenvalue weighted by Crippen LogP contribution is 2.17. The lowest BCUT2D eigenvalue weighted by Gasteiger charge is -2.05. The average molecular weight is 213 g/mol. The molecule has 0 amide bonds. The lowest BCUT2D eigenvalue weighted by Crippen LogP contribution is -2.15. The van der Waals surface area contributed by atoms with Gasteiger partial charge in [-0.15, -0.1) is 0 Å². The molecule has 0 atom stereocenters. The van der Waals surface area contributed by atoms with Gasteiger partial charge in [-0.1, -0.05) is 6.07 Å². The van der Waals surface area contributed by atoms with Crippen LogP contribution in [0.25, 0.3) is 0 Å². The highest BCUT2D eigenvalue weighted by atomic mass is 19.1. The van der Waals surface area contributed by atoms with Gasteiger partial charge < -0.3 is 5.32 Å². The van der Waals surface area contributed by atoms with Gasteiger partial charge in [-0.25, -0.2) is 8.78 Å². The molecule has 0 aromatic heterocycles. The van der Waals surface area contributed by atoms with Crippen molar-refractivity contribution < 1.29 is 13.6 Å². The van der Waals surface area contributed by atoms with Crippen molar-refractivity contribution in [2.24, 2.45) is 0 Å². The SMILES string of the molecule is CNCCC(=O)c1c(F)ccc(C)c1F. The van der Waals surface area contributed by atoms with E-state index in [1.54, 1.807) is 7.05 Å². The molecule has 0 saturated heterocycles. The Kier molecular flexibility index (Phi) is 3.91. The maximum Gasteiger partial charge on any atom is 0.170 e. The molecule has 1 aromatic rings. The minimum Gasteiger partial charge on any atom is -0.319 e. The van der Waals surface area contributed by atoms with Gasteiger partial charge in [-0.3, -0.25) is 4.79 Å². The first-order chi connectivity index (χ1) is 7.07. The topological polar surface area (TPSA) is 29.1 Å². The molecular weight excluding hydrogens is 200 g/mol. The van der Waals surface area contributed by atoms with Gasteiger partial charge in [-0.05, 0) is 25.6 Å². The van der Waals surface area contributed by atoms with Crippen molar-refractivity contribution in [1.29, 1.82) is 0 Å². The molecule has 1 N–H and O–H groups in total. The van der Waals surface area contributed by atoms with Crippen LogP contribution in [0.5, 0.6) is 0 Å². The van der Waals surface area contributed by atoms with Gasteiger partial charge in [0.1, 0.15) is 11.6 Å². The highest BCUT2D eigenvalue weighted by molar-refractivity contribution is 5.96. The summed E-state index contributed by atoms with van der Waals surface area (Å²) in [5.41, 5.74) is -0.144. The summed E-state index contributed by atoms with van der Waals surface area (Å²) in [6.07, 6.45) is 0.0911. The van der Waals surface area contributed by atoms with E-state index < -0.39 is 23.0 Å². The number of Topliss-reactive ketones (excluding diaryl/α,β-unsaturated/α-hetero) is 1. The normalized spacial score (nSPS) is 10.4. The molecule has 0 heterocycles. The molecule has 15 heavy (non-hydrogen) atoms. The molecular formula is C11H13F2NO. The van der Waals surface area contributed by atoms with Gasteiger partial charge >= 0.3 is 0 Å². The molecule has 0 aliphatic carbocycles. The Balaban J connectivity index is 3.02. The zero-order valence-electron chi connectivity index (χ0n) is 8.73. The van der Waals surface area contributed by atoms with Crippen LogP contribution in [0.2, 0.25) is 0 Å². The summed E-state index contributed by atoms with van der Waals surface area (Å²) < 4.78 is 26.7. The fourth-order valence-electron chi connectivity index (χ4n) is 1.28. The van der Waals surface area contributed by atoms with E-state index in [4.69, 9.17) is 0 Å². The maximum absolute atomic E-state index is 13.5. The van der Waals surface area contributed by atoms with Crippen molar-refractivity contribution in [1.82, 2.24) is 5.32 Å². The summed E-state index contributed by atoms with van der Waals surface area (Å²) in [6, 6.07) is 2.44. The van der Waals surface area contributed by atoms with E-state index in [2.05, 4.69) is 5.32 Å². The number of ketones is 1. The van der Waals surface area contributed by atoms with E-state index in [0.717, 1.165) is 6.07 Å². The van der Waals surface area contributed by atoms with Gasteiger partial charge in [0.25, 0.3) is 0 Å². The van der Waals surface area contributed by atoms with E-state index in [0.29, 0.717) is 6.54 Å². The van der Waals surface area contributed by atoms with Crippen LogP contribution in [0.4, 0.5) is 8.78 Å². The monoisotopic (exact) mass is 213 g/mol. The summed E-state index contributed by atoms with van der Waals surface area (Å²) in [6.45, 7) is 1.91. The summed E-state index contributed by atoms with van der Waals surface area (Å²) in [7, 11) is 1.68. The molecule has 0 aliphatic rings. The van der Waals surface area contributed by atoms with Gasteiger partial charge in [0.15, 0.2) is 5.78 Å². The lowest BCUT2D eigenvalue weighted by atomic mass is 10.0. The van der Waals surface area contributed by atoms with E-state index in [-0.39, 0.29) is 12.0 Å². The molecule has 0 unspecified atom stereocenters. The standard InChI is InChI=1S/C11H13F2NO/c1-7-3-4-8(12)10(11(7)13)9(15)5-6-14-2/h3-4,14H,5-6H2,1-2H3. The zero-order valence-corrected chi connectivity index (χ0v) is 8.73. The quantitative estimate of drug-likeness (QED) is 0.776. The van der Waals surface area contributed by atoms with E-state index >= 15 is 0 Å². The van der Waals surface area contributed by atoms with Crippen molar-refractivity contribution in [2.45, 2.75) is 13.3 Å². The van der Waals surface area contributed by atoms with Crippen LogP contribution in [0.1, 0.15) is 22.3 Å². The average Bonchev–Trinajstić information content (AvgIpc) is 2.21. The Labute approximate surface area is 87.3 Å². The predicted octanol–water partition coefficient (Wildman–Crippen LogP) is 2.07. The van der Waals surface area contributed by atoms with Gasteiger partial charge in [-0.2, -0.15) is 0 Å². The van der Waals surface area contributed by atoms with Crippen molar-refractivity contribution in [3.05, 3.63) is 34.9 Å². The Morgan fingerprint density at radius 2 is 2.07 bits per heavy atom. The first-order valence-corrected chi connectivity index (χ1v) is 4.70. The Hall–Kier alpha value is -1.29. The lowest BCUT2D eigenvalue weighted by molar-refractivity contribution is 0.0975. The number of carbonyl (C=O) groups is 1. The molecule has 0 fully saturated rings. The number of halogens is 2. The Bertz CT molecular complexity index is 377. The van der Waals surface area contributed by atoms with Crippen molar-refractivity contribution in [3.8, 4) is 0 Å². The van der Waals surface area contributed by atoms with Crippen LogP contribution in [-0.2, 0) is 0 Å². The second-order valence-corrected chi connectivity index (χ2v) is 3.33. The molecule has 0 bridgehead atoms. The fourth-order valence-corrected chi connectivity index (χ4v) is 1.28. The van der Waals surface area contributed by atoms with Crippen molar-refractivity contribution >= 4 is 5.78 Å². The summed E-state index contributed by atoms with van der Waals surface area (Å²) in [5, 5.41) is 2.76. The molecule has 4 heteroatoms. The Morgan fingerprint density at radius 1 is 1.40 bits per heavy atom. The van der Waals surface area contributed by atoms with Crippen LogP contribution >= 0.6 is 0 Å². The van der Waals surface area contributed by atoms with Crippen molar-refractivity contribution in [2.75, 3.05) is 13.6 Å². The van der Waals surface area contributed by atoms with E-state index in [9.17, 15) is 13.6 Å². The molecule has 0 spiro atoms.